The smallest absolute Gasteiger partial charge is 0.400 e. The topological polar surface area (TPSA) is 125 Å². The van der Waals surface area contributed by atoms with Crippen LogP contribution in [0.4, 0.5) is 0 Å². The van der Waals surface area contributed by atoms with Crippen LogP contribution in [0.1, 0.15) is 169 Å². The summed E-state index contributed by atoms with van der Waals surface area (Å²) in [5, 5.41) is 8.46. The molecule has 0 heterocycles. The Bertz CT molecular complexity index is 555. The zero-order valence-corrected chi connectivity index (χ0v) is 25.8. The van der Waals surface area contributed by atoms with E-state index in [9.17, 15) is 13.2 Å². The summed E-state index contributed by atoms with van der Waals surface area (Å²) in [7, 11) is -3.79. The van der Waals surface area contributed by atoms with Gasteiger partial charge in [-0.25, -0.2) is 8.37 Å². The molecule has 0 fully saturated rings. The third-order valence-corrected chi connectivity index (χ3v) is 7.11. The van der Waals surface area contributed by atoms with E-state index in [2.05, 4.69) is 18.0 Å². The maximum absolute atomic E-state index is 11.3. The molecule has 0 amide bonds. The first-order valence-corrected chi connectivity index (χ1v) is 16.4. The first-order chi connectivity index (χ1) is 17.2. The summed E-state index contributed by atoms with van der Waals surface area (Å²) in [6.07, 6.45) is 26.2. The number of unbranched alkanes of at least 4 members (excludes halogenated alkanes) is 19. The third kappa shape index (κ3) is 40.0. The molecule has 4 N–H and O–H groups in total. The average Bonchev–Trinajstić information content (AvgIpc) is 2.80. The maximum Gasteiger partial charge on any atom is 0.400 e. The summed E-state index contributed by atoms with van der Waals surface area (Å²) in [5.41, 5.74) is 0. The summed E-state index contributed by atoms with van der Waals surface area (Å²) < 4.78 is 32.0. The molecule has 0 rings (SSSR count). The molecule has 0 atom stereocenters. The van der Waals surface area contributed by atoms with Crippen LogP contribution in [0.15, 0.2) is 0 Å². The quantitative estimate of drug-likeness (QED) is 0.102. The Morgan fingerprint density at radius 3 is 1.27 bits per heavy atom. The van der Waals surface area contributed by atoms with Gasteiger partial charge in [-0.05, 0) is 26.7 Å². The molecule has 0 aromatic heterocycles. The van der Waals surface area contributed by atoms with E-state index < -0.39 is 16.4 Å². The molecule has 0 aliphatic carbocycles. The highest BCUT2D eigenvalue weighted by Gasteiger charge is 2.13. The standard InChI is InChI=1S/C15H32O4S.C14H28O2.H3N/c1-4-5-6-7-8-9-10-11-12-13-14-18-20(16,17)19-15(2)3;1-2-3-4-5-6-7-8-9-10-11-12-13-14(15)16;/h15H,4-14H2,1-3H3;2-13H2,1H3,(H,15,16);1H3. The van der Waals surface area contributed by atoms with Gasteiger partial charge in [0.05, 0.1) is 12.7 Å². The van der Waals surface area contributed by atoms with Crippen molar-refractivity contribution in [2.45, 2.75) is 175 Å². The minimum atomic E-state index is -3.79. The van der Waals surface area contributed by atoms with Gasteiger partial charge in [0.2, 0.25) is 0 Å². The van der Waals surface area contributed by atoms with Crippen molar-refractivity contribution >= 4 is 16.4 Å². The van der Waals surface area contributed by atoms with Crippen molar-refractivity contribution in [1.29, 1.82) is 0 Å². The summed E-state index contributed by atoms with van der Waals surface area (Å²) in [4.78, 5) is 10.3. The van der Waals surface area contributed by atoms with E-state index in [-0.39, 0.29) is 18.9 Å². The SMILES string of the molecule is CCCCCCCCCCCCCC(=O)O.CCCCCCCCCCCCOS(=O)(=O)OC(C)C.N. The summed E-state index contributed by atoms with van der Waals surface area (Å²) in [5.74, 6) is -0.657. The second-order valence-electron chi connectivity index (χ2n) is 10.2. The van der Waals surface area contributed by atoms with E-state index in [4.69, 9.17) is 9.29 Å². The van der Waals surface area contributed by atoms with Gasteiger partial charge in [-0.3, -0.25) is 4.79 Å². The molecule has 37 heavy (non-hydrogen) atoms. The van der Waals surface area contributed by atoms with Crippen molar-refractivity contribution in [3.8, 4) is 0 Å². The molecule has 0 bridgehead atoms. The number of hydrogen-bond donors (Lipinski definition) is 2. The van der Waals surface area contributed by atoms with Gasteiger partial charge < -0.3 is 11.3 Å². The second-order valence-corrected chi connectivity index (χ2v) is 11.5. The van der Waals surface area contributed by atoms with Crippen LogP contribution in [-0.2, 0) is 23.6 Å². The van der Waals surface area contributed by atoms with Crippen molar-refractivity contribution in [1.82, 2.24) is 6.15 Å². The van der Waals surface area contributed by atoms with E-state index in [1.165, 1.54) is 103 Å². The third-order valence-electron chi connectivity index (χ3n) is 6.03. The lowest BCUT2D eigenvalue weighted by molar-refractivity contribution is -0.137. The molecular weight excluding hydrogens is 490 g/mol. The van der Waals surface area contributed by atoms with Crippen LogP contribution in [0.3, 0.4) is 0 Å². The maximum atomic E-state index is 11.3. The monoisotopic (exact) mass is 553 g/mol. The largest absolute Gasteiger partial charge is 0.481 e. The van der Waals surface area contributed by atoms with Gasteiger partial charge in [-0.1, -0.05) is 136 Å². The zero-order chi connectivity index (χ0) is 27.3. The molecule has 0 aliphatic rings. The molecule has 0 aromatic rings. The Morgan fingerprint density at radius 1 is 0.622 bits per heavy atom. The van der Waals surface area contributed by atoms with Crippen molar-refractivity contribution in [3.05, 3.63) is 0 Å². The van der Waals surface area contributed by atoms with Crippen LogP contribution in [0.2, 0.25) is 0 Å². The summed E-state index contributed by atoms with van der Waals surface area (Å²) >= 11 is 0. The first kappa shape index (κ1) is 40.8. The van der Waals surface area contributed by atoms with Gasteiger partial charge >= 0.3 is 16.4 Å². The highest BCUT2D eigenvalue weighted by molar-refractivity contribution is 7.81. The van der Waals surface area contributed by atoms with E-state index in [0.717, 1.165) is 32.1 Å². The summed E-state index contributed by atoms with van der Waals surface area (Å²) in [6, 6.07) is 0. The lowest BCUT2D eigenvalue weighted by atomic mass is 10.1. The number of rotatable bonds is 26. The molecule has 0 radical (unpaired) electrons. The fourth-order valence-electron chi connectivity index (χ4n) is 3.95. The summed E-state index contributed by atoms with van der Waals surface area (Å²) in [6.45, 7) is 8.04. The Morgan fingerprint density at radius 2 is 0.946 bits per heavy atom. The van der Waals surface area contributed by atoms with Gasteiger partial charge in [-0.2, -0.15) is 8.42 Å². The molecule has 226 valence electrons. The number of aliphatic carboxylic acids is 1. The number of hydrogen-bond acceptors (Lipinski definition) is 6. The van der Waals surface area contributed by atoms with Crippen molar-refractivity contribution < 1.29 is 26.7 Å². The van der Waals surface area contributed by atoms with Gasteiger partial charge in [0.25, 0.3) is 0 Å². The molecular formula is C29H63NO6S. The fraction of sp³-hybridized carbons (Fsp3) is 0.966. The lowest BCUT2D eigenvalue weighted by Gasteiger charge is -2.08. The number of carbonyl (C=O) groups is 1. The lowest BCUT2D eigenvalue weighted by Crippen LogP contribution is -2.15. The molecule has 0 saturated heterocycles. The molecule has 0 aliphatic heterocycles. The minimum absolute atomic E-state index is 0. The van der Waals surface area contributed by atoms with E-state index >= 15 is 0 Å². The predicted octanol–water partition coefficient (Wildman–Crippen LogP) is 9.53. The molecule has 0 aromatic carbocycles. The van der Waals surface area contributed by atoms with Gasteiger partial charge in [0, 0.05) is 6.42 Å². The molecule has 8 heteroatoms. The molecule has 0 unspecified atom stereocenters. The van der Waals surface area contributed by atoms with Crippen LogP contribution < -0.4 is 6.15 Å². The van der Waals surface area contributed by atoms with Crippen LogP contribution in [-0.4, -0.2) is 32.2 Å². The second kappa shape index (κ2) is 31.5. The Labute approximate surface area is 230 Å². The first-order valence-electron chi connectivity index (χ1n) is 15.0. The Kier molecular flexibility index (Phi) is 34.7. The van der Waals surface area contributed by atoms with Gasteiger partial charge in [0.1, 0.15) is 0 Å². The number of carboxylic acids is 1. The highest BCUT2D eigenvalue weighted by Crippen LogP contribution is 2.12. The highest BCUT2D eigenvalue weighted by atomic mass is 32.3. The zero-order valence-electron chi connectivity index (χ0n) is 24.9. The molecule has 0 spiro atoms. The van der Waals surface area contributed by atoms with Crippen LogP contribution in [0.5, 0.6) is 0 Å². The number of carboxylic acid groups (broad SMARTS) is 1. The van der Waals surface area contributed by atoms with E-state index in [0.29, 0.717) is 6.42 Å². The Balaban J connectivity index is -0.000000623. The van der Waals surface area contributed by atoms with Gasteiger partial charge in [0.15, 0.2) is 0 Å². The fourth-order valence-corrected chi connectivity index (χ4v) is 4.80. The van der Waals surface area contributed by atoms with E-state index in [1.807, 2.05) is 0 Å². The van der Waals surface area contributed by atoms with Crippen LogP contribution in [0, 0.1) is 0 Å². The Hall–Kier alpha value is -0.700. The van der Waals surface area contributed by atoms with Crippen molar-refractivity contribution in [2.24, 2.45) is 0 Å². The molecule has 0 saturated carbocycles. The van der Waals surface area contributed by atoms with Crippen LogP contribution in [0.25, 0.3) is 0 Å². The predicted molar refractivity (Wildman–Crippen MR) is 157 cm³/mol. The van der Waals surface area contributed by atoms with Crippen molar-refractivity contribution in [3.63, 3.8) is 0 Å². The van der Waals surface area contributed by atoms with E-state index in [1.54, 1.807) is 13.8 Å². The average molecular weight is 554 g/mol. The minimum Gasteiger partial charge on any atom is -0.481 e. The normalized spacial score (nSPS) is 11.2. The van der Waals surface area contributed by atoms with Gasteiger partial charge in [-0.15, -0.1) is 0 Å². The molecule has 7 nitrogen and oxygen atoms in total. The van der Waals surface area contributed by atoms with Crippen molar-refractivity contribution in [2.75, 3.05) is 6.61 Å². The van der Waals surface area contributed by atoms with Crippen LogP contribution >= 0.6 is 0 Å².